The lowest BCUT2D eigenvalue weighted by atomic mass is 9.97. The van der Waals surface area contributed by atoms with E-state index in [1.165, 1.54) is 6.42 Å². The highest BCUT2D eigenvalue weighted by atomic mass is 16.6. The lowest BCUT2D eigenvalue weighted by Gasteiger charge is -2.47. The summed E-state index contributed by atoms with van der Waals surface area (Å²) < 4.78 is 11.4. The molecule has 1 aliphatic carbocycles. The summed E-state index contributed by atoms with van der Waals surface area (Å²) in [6.45, 7) is 11.9. The van der Waals surface area contributed by atoms with Crippen LogP contribution in [-0.2, 0) is 23.9 Å². The van der Waals surface area contributed by atoms with E-state index in [1.807, 2.05) is 25.7 Å². The van der Waals surface area contributed by atoms with Crippen LogP contribution in [0.15, 0.2) is 0 Å². The van der Waals surface area contributed by atoms with Gasteiger partial charge >= 0.3 is 11.9 Å². The molecule has 2 heterocycles. The summed E-state index contributed by atoms with van der Waals surface area (Å²) in [5.41, 5.74) is -1.61. The van der Waals surface area contributed by atoms with Gasteiger partial charge in [-0.15, -0.1) is 0 Å². The number of hydrogen-bond acceptors (Lipinski definition) is 8. The van der Waals surface area contributed by atoms with Gasteiger partial charge in [-0.2, -0.15) is 0 Å². The third-order valence-corrected chi connectivity index (χ3v) is 7.06. The van der Waals surface area contributed by atoms with Gasteiger partial charge in [-0.3, -0.25) is 14.5 Å². The number of hydrogen-bond donors (Lipinski definition) is 1. The van der Waals surface area contributed by atoms with E-state index in [9.17, 15) is 14.4 Å². The van der Waals surface area contributed by atoms with Gasteiger partial charge in [0.15, 0.2) is 5.66 Å². The molecule has 0 bridgehead atoms. The number of piperazine rings is 1. The van der Waals surface area contributed by atoms with E-state index in [0.29, 0.717) is 19.5 Å². The molecule has 3 aliphatic rings. The highest BCUT2D eigenvalue weighted by Crippen LogP contribution is 2.26. The fourth-order valence-electron chi connectivity index (χ4n) is 5.04. The highest BCUT2D eigenvalue weighted by molar-refractivity contribution is 5.82. The summed E-state index contributed by atoms with van der Waals surface area (Å²) in [7, 11) is 0. The van der Waals surface area contributed by atoms with Gasteiger partial charge in [0.2, 0.25) is 6.41 Å². The zero-order chi connectivity index (χ0) is 24.1. The number of nitrogens with one attached hydrogen (secondary N) is 1. The number of ether oxygens (including phenoxy) is 2. The van der Waals surface area contributed by atoms with Crippen molar-refractivity contribution in [2.45, 2.75) is 90.0 Å². The standard InChI is InChI=1S/C24H42N4O5/c1-23(2,3)33-21(30)19-10-12-27(13-11-19)28-16-14-26(15-17-28)24(4,25-18-29)22(31)32-20-8-6-5-7-9-20/h18-20H,5-17H2,1-4H3,(H,25,29). The van der Waals surface area contributed by atoms with Crippen LogP contribution in [0, 0.1) is 5.92 Å². The normalized spacial score (nSPS) is 24.6. The zero-order valence-corrected chi connectivity index (χ0v) is 20.8. The van der Waals surface area contributed by atoms with E-state index < -0.39 is 11.3 Å². The molecule has 3 rings (SSSR count). The molecule has 188 valence electrons. The lowest BCUT2D eigenvalue weighted by Crippen LogP contribution is -2.68. The zero-order valence-electron chi connectivity index (χ0n) is 20.8. The molecule has 2 aliphatic heterocycles. The minimum atomic E-state index is -1.16. The van der Waals surface area contributed by atoms with E-state index >= 15 is 0 Å². The van der Waals surface area contributed by atoms with Crippen LogP contribution in [0.3, 0.4) is 0 Å². The van der Waals surface area contributed by atoms with E-state index in [4.69, 9.17) is 9.47 Å². The van der Waals surface area contributed by atoms with Crippen molar-refractivity contribution in [3.63, 3.8) is 0 Å². The molecule has 1 amide bonds. The summed E-state index contributed by atoms with van der Waals surface area (Å²) in [4.78, 5) is 38.8. The van der Waals surface area contributed by atoms with Crippen molar-refractivity contribution in [3.05, 3.63) is 0 Å². The molecular weight excluding hydrogens is 424 g/mol. The molecule has 1 saturated carbocycles. The first-order chi connectivity index (χ1) is 15.6. The van der Waals surface area contributed by atoms with Crippen molar-refractivity contribution < 1.29 is 23.9 Å². The maximum Gasteiger partial charge on any atom is 0.347 e. The minimum Gasteiger partial charge on any atom is -0.460 e. The maximum atomic E-state index is 13.1. The van der Waals surface area contributed by atoms with Gasteiger partial charge in [-0.1, -0.05) is 6.42 Å². The van der Waals surface area contributed by atoms with Gasteiger partial charge in [0.05, 0.1) is 5.92 Å². The molecule has 0 radical (unpaired) electrons. The number of nitrogens with zero attached hydrogens (tertiary/aromatic N) is 3. The average Bonchev–Trinajstić information content (AvgIpc) is 2.79. The van der Waals surface area contributed by atoms with Crippen LogP contribution in [0.5, 0.6) is 0 Å². The Bertz CT molecular complexity index is 675. The number of amides is 1. The molecule has 1 unspecified atom stereocenters. The molecule has 0 aromatic rings. The monoisotopic (exact) mass is 466 g/mol. The molecule has 0 aromatic carbocycles. The third-order valence-electron chi connectivity index (χ3n) is 7.06. The van der Waals surface area contributed by atoms with Crippen molar-refractivity contribution in [1.82, 2.24) is 20.2 Å². The summed E-state index contributed by atoms with van der Waals surface area (Å²) in [6.07, 6.45) is 7.27. The maximum absolute atomic E-state index is 13.1. The smallest absolute Gasteiger partial charge is 0.347 e. The predicted octanol–water partition coefficient (Wildman–Crippen LogP) is 1.91. The van der Waals surface area contributed by atoms with Crippen molar-refractivity contribution in [2.75, 3.05) is 39.3 Å². The number of carbonyl (C=O) groups is 3. The van der Waals surface area contributed by atoms with E-state index in [-0.39, 0.29) is 24.0 Å². The van der Waals surface area contributed by atoms with Crippen LogP contribution in [0.25, 0.3) is 0 Å². The molecule has 2 saturated heterocycles. The highest BCUT2D eigenvalue weighted by Gasteiger charge is 2.44. The van der Waals surface area contributed by atoms with Crippen LogP contribution in [0.4, 0.5) is 0 Å². The SMILES string of the molecule is CC(C)(C)OC(=O)C1CCN(N2CCN(C(C)(NC=O)C(=O)OC3CCCCC3)CC2)CC1. The summed E-state index contributed by atoms with van der Waals surface area (Å²) in [5.74, 6) is -0.510. The average molecular weight is 467 g/mol. The Labute approximate surface area is 198 Å². The molecule has 1 atom stereocenters. The number of rotatable bonds is 7. The van der Waals surface area contributed by atoms with Crippen molar-refractivity contribution in [3.8, 4) is 0 Å². The largest absolute Gasteiger partial charge is 0.460 e. The summed E-state index contributed by atoms with van der Waals surface area (Å²) in [5, 5.41) is 7.35. The Morgan fingerprint density at radius 2 is 1.42 bits per heavy atom. The number of piperidine rings is 1. The fourth-order valence-corrected chi connectivity index (χ4v) is 5.04. The molecule has 9 heteroatoms. The minimum absolute atomic E-state index is 0.0450. The van der Waals surface area contributed by atoms with Crippen molar-refractivity contribution in [1.29, 1.82) is 0 Å². The second-order valence-corrected chi connectivity index (χ2v) is 10.7. The first-order valence-corrected chi connectivity index (χ1v) is 12.5. The second-order valence-electron chi connectivity index (χ2n) is 10.7. The van der Waals surface area contributed by atoms with Crippen LogP contribution in [0.2, 0.25) is 0 Å². The molecule has 0 aromatic heterocycles. The number of carbonyl (C=O) groups excluding carboxylic acids is 3. The Balaban J connectivity index is 1.49. The molecule has 33 heavy (non-hydrogen) atoms. The van der Waals surface area contributed by atoms with Gasteiger partial charge in [-0.25, -0.2) is 14.8 Å². The van der Waals surface area contributed by atoms with Gasteiger partial charge in [-0.05, 0) is 66.2 Å². The second kappa shape index (κ2) is 11.1. The van der Waals surface area contributed by atoms with Crippen molar-refractivity contribution in [2.24, 2.45) is 5.92 Å². The van der Waals surface area contributed by atoms with Crippen LogP contribution < -0.4 is 5.32 Å². The number of hydrazine groups is 1. The van der Waals surface area contributed by atoms with Gasteiger partial charge in [0.1, 0.15) is 11.7 Å². The van der Waals surface area contributed by atoms with Gasteiger partial charge < -0.3 is 14.8 Å². The van der Waals surface area contributed by atoms with E-state index in [0.717, 1.165) is 64.7 Å². The molecule has 0 spiro atoms. The first-order valence-electron chi connectivity index (χ1n) is 12.5. The Morgan fingerprint density at radius 1 is 0.848 bits per heavy atom. The molecular formula is C24H42N4O5. The fraction of sp³-hybridized carbons (Fsp3) is 0.875. The van der Waals surface area contributed by atoms with Crippen LogP contribution >= 0.6 is 0 Å². The van der Waals surface area contributed by atoms with Gasteiger partial charge in [0, 0.05) is 39.3 Å². The predicted molar refractivity (Wildman–Crippen MR) is 124 cm³/mol. The molecule has 1 N–H and O–H groups in total. The Morgan fingerprint density at radius 3 is 1.97 bits per heavy atom. The Hall–Kier alpha value is -1.71. The number of esters is 2. The third kappa shape index (κ3) is 6.90. The molecule has 9 nitrogen and oxygen atoms in total. The lowest BCUT2D eigenvalue weighted by molar-refractivity contribution is -0.173. The summed E-state index contributed by atoms with van der Waals surface area (Å²) >= 11 is 0. The summed E-state index contributed by atoms with van der Waals surface area (Å²) in [6, 6.07) is 0. The van der Waals surface area contributed by atoms with E-state index in [1.54, 1.807) is 6.92 Å². The Kier molecular flexibility index (Phi) is 8.75. The quantitative estimate of drug-likeness (QED) is 0.449. The first kappa shape index (κ1) is 25.9. The van der Waals surface area contributed by atoms with Gasteiger partial charge in [0.25, 0.3) is 0 Å². The van der Waals surface area contributed by atoms with Crippen molar-refractivity contribution >= 4 is 18.3 Å². The van der Waals surface area contributed by atoms with E-state index in [2.05, 4.69) is 15.3 Å². The molecule has 3 fully saturated rings. The van der Waals surface area contributed by atoms with Crippen LogP contribution in [0.1, 0.15) is 72.6 Å². The topological polar surface area (TPSA) is 91.4 Å². The van der Waals surface area contributed by atoms with Crippen LogP contribution in [-0.4, -0.2) is 89.9 Å².